The van der Waals surface area contributed by atoms with Gasteiger partial charge in [-0.3, -0.25) is 4.99 Å². The van der Waals surface area contributed by atoms with E-state index in [2.05, 4.69) is 4.99 Å². The van der Waals surface area contributed by atoms with E-state index in [9.17, 15) is 9.90 Å². The molecule has 0 saturated carbocycles. The van der Waals surface area contributed by atoms with E-state index in [1.807, 2.05) is 0 Å². The van der Waals surface area contributed by atoms with E-state index in [0.717, 1.165) is 0 Å². The number of carboxylic acid groups (broad SMARTS) is 1. The summed E-state index contributed by atoms with van der Waals surface area (Å²) in [5.41, 5.74) is 0.451. The summed E-state index contributed by atoms with van der Waals surface area (Å²) in [4.78, 5) is 14.1. The summed E-state index contributed by atoms with van der Waals surface area (Å²) in [5, 5.41) is 28.6. The van der Waals surface area contributed by atoms with Gasteiger partial charge in [0.05, 0.1) is 0 Å². The van der Waals surface area contributed by atoms with Crippen LogP contribution in [0.3, 0.4) is 0 Å². The molecule has 0 saturated heterocycles. The molecule has 1 rings (SSSR count). The summed E-state index contributed by atoms with van der Waals surface area (Å²) in [5.74, 6) is -1.40. The number of aliphatic carboxylic acids is 1. The van der Waals surface area contributed by atoms with E-state index < -0.39 is 12.1 Å². The predicted octanol–water partition coefficient (Wildman–Crippen LogP) is -2.98. The number of benzene rings is 1. The second kappa shape index (κ2) is 8.25. The van der Waals surface area contributed by atoms with Crippen LogP contribution in [-0.2, 0) is 4.79 Å². The van der Waals surface area contributed by atoms with E-state index in [1.165, 1.54) is 12.3 Å². The Labute approximate surface area is 121 Å². The fraction of sp³-hybridized carbons (Fsp3) is 0.273. The third-order valence-corrected chi connectivity index (χ3v) is 1.97. The molecule has 0 aliphatic heterocycles. The maximum atomic E-state index is 11.2. The molecular weight excluding hydrogens is 233 g/mol. The van der Waals surface area contributed by atoms with Gasteiger partial charge in [0, 0.05) is 19.2 Å². The molecule has 0 heterocycles. The zero-order chi connectivity index (χ0) is 12.0. The second-order valence-corrected chi connectivity index (χ2v) is 3.22. The summed E-state index contributed by atoms with van der Waals surface area (Å²) >= 11 is 0. The molecule has 1 atom stereocenters. The molecule has 6 heteroatoms. The number of hydrogen-bond donors (Lipinski definition) is 2. The Morgan fingerprint density at radius 1 is 1.47 bits per heavy atom. The number of nitrogens with zero attached hydrogens (tertiary/aromatic N) is 1. The Hall–Kier alpha value is -0.880. The van der Waals surface area contributed by atoms with Gasteiger partial charge in [0.2, 0.25) is 0 Å². The molecule has 0 aliphatic rings. The molecule has 1 aromatic rings. The monoisotopic (exact) mass is 245 g/mol. The maximum Gasteiger partial charge on any atom is 1.00 e. The van der Waals surface area contributed by atoms with Gasteiger partial charge >= 0.3 is 35.5 Å². The minimum Gasteiger partial charge on any atom is -0.872 e. The topological polar surface area (TPSA) is 93.0 Å². The van der Waals surface area contributed by atoms with E-state index in [-0.39, 0.29) is 48.3 Å². The fourth-order valence-electron chi connectivity index (χ4n) is 1.07. The molecule has 0 spiro atoms. The number of aliphatic hydroxyl groups is 1. The van der Waals surface area contributed by atoms with Gasteiger partial charge in [-0.05, 0) is 5.56 Å². The molecule has 0 fully saturated rings. The minimum absolute atomic E-state index is 0. The van der Waals surface area contributed by atoms with Crippen molar-refractivity contribution in [2.45, 2.75) is 12.5 Å². The summed E-state index contributed by atoms with van der Waals surface area (Å²) in [6, 6.07) is 6.40. The first-order valence-electron chi connectivity index (χ1n) is 4.78. The van der Waals surface area contributed by atoms with E-state index in [1.54, 1.807) is 18.2 Å². The Morgan fingerprint density at radius 3 is 2.71 bits per heavy atom. The van der Waals surface area contributed by atoms with Gasteiger partial charge in [-0.2, -0.15) is 0 Å². The molecule has 0 aromatic heterocycles. The summed E-state index contributed by atoms with van der Waals surface area (Å²) < 4.78 is 0. The molecule has 0 unspecified atom stereocenters. The van der Waals surface area contributed by atoms with Crippen LogP contribution in [0.2, 0.25) is 0 Å². The number of aliphatic hydroxyl groups excluding tert-OH is 1. The van der Waals surface area contributed by atoms with Gasteiger partial charge in [-0.15, -0.1) is 5.75 Å². The van der Waals surface area contributed by atoms with Crippen molar-refractivity contribution in [3.05, 3.63) is 29.8 Å². The van der Waals surface area contributed by atoms with Gasteiger partial charge in [-0.25, -0.2) is 4.79 Å². The molecule has 0 radical (unpaired) electrons. The van der Waals surface area contributed by atoms with Gasteiger partial charge < -0.3 is 15.3 Å². The van der Waals surface area contributed by atoms with Crippen LogP contribution in [0.1, 0.15) is 12.0 Å². The molecule has 0 aliphatic carbocycles. The van der Waals surface area contributed by atoms with Crippen LogP contribution in [-0.4, -0.2) is 35.0 Å². The number of rotatable bonds is 5. The van der Waals surface area contributed by atoms with Crippen molar-refractivity contribution in [1.29, 1.82) is 0 Å². The first kappa shape index (κ1) is 16.1. The van der Waals surface area contributed by atoms with Crippen LogP contribution >= 0.6 is 0 Å². The molecule has 1 aromatic carbocycles. The number of aliphatic imine (C=N–C) groups is 1. The second-order valence-electron chi connectivity index (χ2n) is 3.22. The van der Waals surface area contributed by atoms with Crippen LogP contribution in [0.15, 0.2) is 29.3 Å². The largest absolute Gasteiger partial charge is 1.00 e. The van der Waals surface area contributed by atoms with Crippen molar-refractivity contribution in [3.63, 3.8) is 0 Å². The van der Waals surface area contributed by atoms with Gasteiger partial charge in [0.1, 0.15) is 0 Å². The summed E-state index contributed by atoms with van der Waals surface area (Å²) in [7, 11) is 0. The SMILES string of the molecule is O=C(O)[C@@H](O)CCN=Cc1ccccc1[O-].[Na+]. The van der Waals surface area contributed by atoms with Gasteiger partial charge in [-0.1, -0.05) is 24.3 Å². The summed E-state index contributed by atoms with van der Waals surface area (Å²) in [6.07, 6.45) is 0.0173. The number of hydrogen-bond acceptors (Lipinski definition) is 4. The van der Waals surface area contributed by atoms with Crippen LogP contribution in [0.5, 0.6) is 5.75 Å². The molecule has 5 nitrogen and oxygen atoms in total. The van der Waals surface area contributed by atoms with Crippen molar-refractivity contribution >= 4 is 12.2 Å². The Balaban J connectivity index is 0.00000256. The van der Waals surface area contributed by atoms with Crippen molar-refractivity contribution in [3.8, 4) is 5.75 Å². The number of para-hydroxylation sites is 1. The van der Waals surface area contributed by atoms with Crippen LogP contribution < -0.4 is 34.7 Å². The van der Waals surface area contributed by atoms with Gasteiger partial charge in [0.25, 0.3) is 0 Å². The molecule has 0 amide bonds. The van der Waals surface area contributed by atoms with Crippen molar-refractivity contribution < 1.29 is 49.7 Å². The van der Waals surface area contributed by atoms with E-state index >= 15 is 0 Å². The molecule has 0 bridgehead atoms. The van der Waals surface area contributed by atoms with Crippen molar-refractivity contribution in [1.82, 2.24) is 0 Å². The smallest absolute Gasteiger partial charge is 0.872 e. The van der Waals surface area contributed by atoms with Crippen LogP contribution in [0.4, 0.5) is 0 Å². The quantitative estimate of drug-likeness (QED) is 0.427. The zero-order valence-electron chi connectivity index (χ0n) is 9.54. The van der Waals surface area contributed by atoms with Crippen molar-refractivity contribution in [2.24, 2.45) is 4.99 Å². The number of carbonyl (C=O) groups is 1. The predicted molar refractivity (Wildman–Crippen MR) is 56.6 cm³/mol. The Morgan fingerprint density at radius 2 is 2.12 bits per heavy atom. The minimum atomic E-state index is -1.40. The van der Waals surface area contributed by atoms with E-state index in [0.29, 0.717) is 5.56 Å². The molecular formula is C11H12NNaO4. The Kier molecular flexibility index (Phi) is 7.82. The zero-order valence-corrected chi connectivity index (χ0v) is 11.5. The maximum absolute atomic E-state index is 11.2. The number of carboxylic acids is 1. The third kappa shape index (κ3) is 5.83. The standard InChI is InChI=1S/C11H13NO4.Na/c13-9-4-2-1-3-8(9)7-12-6-5-10(14)11(15)16;/h1-4,7,10,13-14H,5-6H2,(H,15,16);/q;+1/p-1/t10-;/m0./s1. The first-order valence-corrected chi connectivity index (χ1v) is 4.78. The first-order chi connectivity index (χ1) is 7.61. The van der Waals surface area contributed by atoms with Crippen molar-refractivity contribution in [2.75, 3.05) is 6.54 Å². The molecule has 17 heavy (non-hydrogen) atoms. The Bertz CT molecular complexity index is 395. The van der Waals surface area contributed by atoms with Crippen LogP contribution in [0, 0.1) is 0 Å². The average Bonchev–Trinajstić information content (AvgIpc) is 2.26. The molecule has 2 N–H and O–H groups in total. The van der Waals surface area contributed by atoms with E-state index in [4.69, 9.17) is 10.2 Å². The average molecular weight is 245 g/mol. The third-order valence-electron chi connectivity index (χ3n) is 1.97. The summed E-state index contributed by atoms with van der Waals surface area (Å²) in [6.45, 7) is 0.168. The van der Waals surface area contributed by atoms with Gasteiger partial charge in [0.15, 0.2) is 6.10 Å². The molecule has 86 valence electrons. The normalized spacial score (nSPS) is 12.1. The van der Waals surface area contributed by atoms with Crippen LogP contribution in [0.25, 0.3) is 0 Å². The fourth-order valence-corrected chi connectivity index (χ4v) is 1.07.